The smallest absolute Gasteiger partial charge is 0.368 e. The molecule has 5 rings (SSSR count). The lowest BCUT2D eigenvalue weighted by atomic mass is 9.89. The summed E-state index contributed by atoms with van der Waals surface area (Å²) in [5.74, 6) is 0.778. The second kappa shape index (κ2) is 5.84. The lowest BCUT2D eigenvalue weighted by molar-refractivity contribution is -0.353. The molecule has 2 aliphatic heterocycles. The molecule has 9 heteroatoms. The van der Waals surface area contributed by atoms with E-state index in [4.69, 9.17) is 9.47 Å². The molecule has 0 aromatic carbocycles. The Hall–Kier alpha value is -1.32. The molecule has 2 unspecified atom stereocenters. The minimum Gasteiger partial charge on any atom is -0.368 e. The van der Waals surface area contributed by atoms with Gasteiger partial charge >= 0.3 is 6.36 Å². The molecule has 0 amide bonds. The zero-order valence-corrected chi connectivity index (χ0v) is 14.3. The fourth-order valence-corrected chi connectivity index (χ4v) is 4.96. The van der Waals surface area contributed by atoms with Gasteiger partial charge in [-0.2, -0.15) is 5.10 Å². The Morgan fingerprint density at radius 1 is 1.12 bits per heavy atom. The summed E-state index contributed by atoms with van der Waals surface area (Å²) in [5.41, 5.74) is 1.04. The third kappa shape index (κ3) is 2.99. The Bertz CT molecular complexity index is 652. The van der Waals surface area contributed by atoms with E-state index < -0.39 is 12.5 Å². The van der Waals surface area contributed by atoms with E-state index in [0.29, 0.717) is 37.9 Å². The SMILES string of the molecule is FC(F)(F)OC1CC(n2cc(N3CC4CC5(CC4C3)OCCO5)cn2)C1. The molecule has 3 heterocycles. The number of aromatic nitrogens is 2. The molecule has 26 heavy (non-hydrogen) atoms. The van der Waals surface area contributed by atoms with Gasteiger partial charge in [0.15, 0.2) is 5.79 Å². The van der Waals surface area contributed by atoms with Gasteiger partial charge in [0.25, 0.3) is 0 Å². The van der Waals surface area contributed by atoms with E-state index in [9.17, 15) is 13.2 Å². The molecule has 1 aromatic heterocycles. The van der Waals surface area contributed by atoms with Crippen molar-refractivity contribution in [2.75, 3.05) is 31.2 Å². The Morgan fingerprint density at radius 3 is 2.38 bits per heavy atom. The molecule has 2 saturated heterocycles. The van der Waals surface area contributed by atoms with E-state index in [1.165, 1.54) is 0 Å². The maximum Gasteiger partial charge on any atom is 0.522 e. The summed E-state index contributed by atoms with van der Waals surface area (Å²) in [6, 6.07) is -0.0123. The Balaban J connectivity index is 1.17. The van der Waals surface area contributed by atoms with E-state index in [0.717, 1.165) is 31.6 Å². The number of fused-ring (bicyclic) bond motifs is 1. The summed E-state index contributed by atoms with van der Waals surface area (Å²) in [5, 5.41) is 4.37. The molecule has 0 N–H and O–H groups in total. The summed E-state index contributed by atoms with van der Waals surface area (Å²) in [6.07, 6.45) is 1.06. The van der Waals surface area contributed by atoms with Crippen LogP contribution in [0, 0.1) is 11.8 Å². The van der Waals surface area contributed by atoms with Crippen LogP contribution in [0.25, 0.3) is 0 Å². The zero-order chi connectivity index (χ0) is 17.9. The standard InChI is InChI=1S/C17H22F3N3O3/c18-17(19,20)26-15-3-13(4-15)23-10-14(7-21-23)22-8-11-5-16(6-12(11)9-22)24-1-2-25-16/h7,10-13,15H,1-6,8-9H2. The molecule has 2 saturated carbocycles. The van der Waals surface area contributed by atoms with Crippen LogP contribution in [0.5, 0.6) is 0 Å². The minimum atomic E-state index is -4.55. The lowest BCUT2D eigenvalue weighted by Gasteiger charge is -2.35. The van der Waals surface area contributed by atoms with Crippen molar-refractivity contribution >= 4 is 5.69 Å². The molecule has 1 aromatic rings. The van der Waals surface area contributed by atoms with Gasteiger partial charge in [-0.05, 0) is 24.7 Å². The quantitative estimate of drug-likeness (QED) is 0.816. The largest absolute Gasteiger partial charge is 0.522 e. The third-order valence-electron chi connectivity index (χ3n) is 6.23. The predicted octanol–water partition coefficient (Wildman–Crippen LogP) is 2.71. The first kappa shape index (κ1) is 16.8. The summed E-state index contributed by atoms with van der Waals surface area (Å²) in [4.78, 5) is 2.32. The zero-order valence-electron chi connectivity index (χ0n) is 14.3. The van der Waals surface area contributed by atoms with Crippen LogP contribution in [0.3, 0.4) is 0 Å². The van der Waals surface area contributed by atoms with Gasteiger partial charge in [-0.1, -0.05) is 0 Å². The van der Waals surface area contributed by atoms with Crippen LogP contribution in [0.4, 0.5) is 18.9 Å². The fourth-order valence-electron chi connectivity index (χ4n) is 4.96. The maximum atomic E-state index is 12.2. The molecule has 1 spiro atoms. The van der Waals surface area contributed by atoms with Crippen molar-refractivity contribution in [3.05, 3.63) is 12.4 Å². The van der Waals surface area contributed by atoms with Crippen LogP contribution < -0.4 is 4.90 Å². The topological polar surface area (TPSA) is 48.8 Å². The number of hydrogen-bond acceptors (Lipinski definition) is 5. The van der Waals surface area contributed by atoms with Crippen molar-refractivity contribution in [3.8, 4) is 0 Å². The molecule has 6 nitrogen and oxygen atoms in total. The number of anilines is 1. The first-order valence-electron chi connectivity index (χ1n) is 9.21. The Labute approximate surface area is 149 Å². The number of halogens is 3. The first-order valence-corrected chi connectivity index (χ1v) is 9.21. The fraction of sp³-hybridized carbons (Fsp3) is 0.824. The van der Waals surface area contributed by atoms with Gasteiger partial charge in [0.2, 0.25) is 0 Å². The summed E-state index contributed by atoms with van der Waals surface area (Å²) < 4.78 is 54.2. The van der Waals surface area contributed by atoms with Crippen molar-refractivity contribution in [2.45, 2.75) is 50.0 Å². The van der Waals surface area contributed by atoms with Crippen LogP contribution in [-0.4, -0.2) is 54.3 Å². The molecule has 2 aliphatic carbocycles. The molecular formula is C17H22F3N3O3. The molecule has 0 bridgehead atoms. The highest BCUT2D eigenvalue weighted by atomic mass is 19.4. The summed E-state index contributed by atoms with van der Waals surface area (Å²) in [7, 11) is 0. The second-order valence-electron chi connectivity index (χ2n) is 7.93. The monoisotopic (exact) mass is 373 g/mol. The van der Waals surface area contributed by atoms with Gasteiger partial charge in [0, 0.05) is 32.1 Å². The maximum absolute atomic E-state index is 12.2. The van der Waals surface area contributed by atoms with Crippen LogP contribution in [-0.2, 0) is 14.2 Å². The van der Waals surface area contributed by atoms with Crippen molar-refractivity contribution in [1.82, 2.24) is 9.78 Å². The highest BCUT2D eigenvalue weighted by molar-refractivity contribution is 5.44. The normalized spacial score (nSPS) is 35.9. The summed E-state index contributed by atoms with van der Waals surface area (Å²) >= 11 is 0. The average Bonchev–Trinajstić information content (AvgIpc) is 3.25. The molecule has 0 radical (unpaired) electrons. The van der Waals surface area contributed by atoms with Crippen LogP contribution in [0.1, 0.15) is 31.7 Å². The van der Waals surface area contributed by atoms with Gasteiger partial charge in [-0.25, -0.2) is 0 Å². The Kier molecular flexibility index (Phi) is 3.78. The van der Waals surface area contributed by atoms with Gasteiger partial charge in [-0.3, -0.25) is 9.42 Å². The third-order valence-corrected chi connectivity index (χ3v) is 6.23. The van der Waals surface area contributed by atoms with E-state index in [1.807, 2.05) is 12.4 Å². The lowest BCUT2D eigenvalue weighted by Crippen LogP contribution is -2.37. The second-order valence-corrected chi connectivity index (χ2v) is 7.93. The molecular weight excluding hydrogens is 351 g/mol. The van der Waals surface area contributed by atoms with Crippen molar-refractivity contribution in [2.24, 2.45) is 11.8 Å². The number of nitrogens with zero attached hydrogens (tertiary/aromatic N) is 3. The van der Waals surface area contributed by atoms with E-state index in [2.05, 4.69) is 14.7 Å². The molecule has 144 valence electrons. The van der Waals surface area contributed by atoms with Crippen molar-refractivity contribution in [3.63, 3.8) is 0 Å². The molecule has 4 aliphatic rings. The number of hydrogen-bond donors (Lipinski definition) is 0. The van der Waals surface area contributed by atoms with Gasteiger partial charge in [0.1, 0.15) is 0 Å². The number of ether oxygens (including phenoxy) is 3. The van der Waals surface area contributed by atoms with Crippen LogP contribution in [0.2, 0.25) is 0 Å². The van der Waals surface area contributed by atoms with Crippen LogP contribution >= 0.6 is 0 Å². The van der Waals surface area contributed by atoms with E-state index in [-0.39, 0.29) is 11.8 Å². The van der Waals surface area contributed by atoms with Gasteiger partial charge in [-0.15, -0.1) is 13.2 Å². The Morgan fingerprint density at radius 2 is 1.77 bits per heavy atom. The van der Waals surface area contributed by atoms with Crippen molar-refractivity contribution < 1.29 is 27.4 Å². The number of alkyl halides is 3. The van der Waals surface area contributed by atoms with Crippen molar-refractivity contribution in [1.29, 1.82) is 0 Å². The average molecular weight is 373 g/mol. The van der Waals surface area contributed by atoms with Gasteiger partial charge < -0.3 is 14.4 Å². The molecule has 4 fully saturated rings. The van der Waals surface area contributed by atoms with Gasteiger partial charge in [0.05, 0.1) is 37.2 Å². The van der Waals surface area contributed by atoms with E-state index in [1.54, 1.807) is 4.68 Å². The summed E-state index contributed by atoms with van der Waals surface area (Å²) in [6.45, 7) is 3.29. The molecule has 2 atom stereocenters. The van der Waals surface area contributed by atoms with Crippen LogP contribution in [0.15, 0.2) is 12.4 Å². The number of rotatable bonds is 3. The first-order chi connectivity index (χ1) is 12.4. The highest BCUT2D eigenvalue weighted by Crippen LogP contribution is 2.48. The highest BCUT2D eigenvalue weighted by Gasteiger charge is 2.52. The van der Waals surface area contributed by atoms with E-state index >= 15 is 0 Å². The predicted molar refractivity (Wildman–Crippen MR) is 84.5 cm³/mol. The minimum absolute atomic E-state index is 0.0123.